The fourth-order valence-electron chi connectivity index (χ4n) is 3.06. The molecular weight excluding hydrogens is 366 g/mol. The summed E-state index contributed by atoms with van der Waals surface area (Å²) in [5.74, 6) is 0.382. The van der Waals surface area contributed by atoms with Gasteiger partial charge in [-0.05, 0) is 24.6 Å². The number of aromatic nitrogens is 3. The van der Waals surface area contributed by atoms with Gasteiger partial charge in [0.1, 0.15) is 6.04 Å². The van der Waals surface area contributed by atoms with Crippen molar-refractivity contribution in [1.82, 2.24) is 19.9 Å². The molecule has 8 nitrogen and oxygen atoms in total. The van der Waals surface area contributed by atoms with Crippen molar-refractivity contribution in [3.8, 4) is 0 Å². The molecule has 1 saturated heterocycles. The molecule has 0 spiro atoms. The van der Waals surface area contributed by atoms with Crippen molar-refractivity contribution in [2.24, 2.45) is 0 Å². The van der Waals surface area contributed by atoms with Crippen LogP contribution in [0.3, 0.4) is 0 Å². The number of carbonyl (C=O) groups is 2. The first kappa shape index (κ1) is 17.3. The van der Waals surface area contributed by atoms with Gasteiger partial charge in [-0.15, -0.1) is 11.8 Å². The van der Waals surface area contributed by atoms with Gasteiger partial charge in [-0.2, -0.15) is 0 Å². The molecule has 3 N–H and O–H groups in total. The Bertz CT molecular complexity index is 1090. The number of benzene rings is 1. The van der Waals surface area contributed by atoms with Crippen LogP contribution in [0.5, 0.6) is 0 Å². The number of fused-ring (bicyclic) bond motifs is 1. The van der Waals surface area contributed by atoms with E-state index in [1.54, 1.807) is 6.07 Å². The summed E-state index contributed by atoms with van der Waals surface area (Å²) in [4.78, 5) is 48.1. The number of rotatable bonds is 3. The molecule has 1 aromatic carbocycles. The second kappa shape index (κ2) is 6.92. The van der Waals surface area contributed by atoms with Crippen LogP contribution in [0.15, 0.2) is 41.3 Å². The highest BCUT2D eigenvalue weighted by Crippen LogP contribution is 2.26. The van der Waals surface area contributed by atoms with Crippen molar-refractivity contribution < 1.29 is 9.59 Å². The van der Waals surface area contributed by atoms with Crippen LogP contribution in [-0.2, 0) is 4.79 Å². The Kier molecular flexibility index (Phi) is 4.44. The number of nitrogens with zero attached hydrogens (tertiary/aromatic N) is 2. The number of thioether (sulfide) groups is 1. The molecule has 1 aliphatic rings. The molecule has 1 aliphatic heterocycles. The molecule has 27 heavy (non-hydrogen) atoms. The molecule has 0 aliphatic carbocycles. The molecule has 2 aromatic heterocycles. The SMILES string of the molecule is Cc1ccccc1NC(=O)C1CSCN1C(=O)c1ccnc2[nH]c(=O)[nH]c12. The average Bonchev–Trinajstić information content (AvgIpc) is 3.28. The third-order valence-corrected chi connectivity index (χ3v) is 5.51. The number of aryl methyl sites for hydroxylation is 1. The number of H-pyrrole nitrogens is 2. The molecule has 9 heteroatoms. The van der Waals surface area contributed by atoms with E-state index in [1.165, 1.54) is 22.9 Å². The van der Waals surface area contributed by atoms with Gasteiger partial charge in [0.2, 0.25) is 5.91 Å². The predicted octanol–water partition coefficient (Wildman–Crippen LogP) is 1.71. The third kappa shape index (κ3) is 3.21. The fraction of sp³-hybridized carbons (Fsp3) is 0.222. The minimum absolute atomic E-state index is 0.226. The molecule has 4 rings (SSSR count). The van der Waals surface area contributed by atoms with Crippen LogP contribution in [0.4, 0.5) is 5.69 Å². The molecule has 3 aromatic rings. The monoisotopic (exact) mass is 383 g/mol. The van der Waals surface area contributed by atoms with E-state index in [1.807, 2.05) is 31.2 Å². The van der Waals surface area contributed by atoms with Crippen LogP contribution in [0, 0.1) is 6.92 Å². The van der Waals surface area contributed by atoms with E-state index in [0.29, 0.717) is 28.4 Å². The summed E-state index contributed by atoms with van der Waals surface area (Å²) in [6.45, 7) is 1.91. The zero-order valence-corrected chi connectivity index (χ0v) is 15.3. The van der Waals surface area contributed by atoms with Gasteiger partial charge < -0.3 is 15.2 Å². The first-order chi connectivity index (χ1) is 13.0. The summed E-state index contributed by atoms with van der Waals surface area (Å²) in [5, 5.41) is 2.91. The summed E-state index contributed by atoms with van der Waals surface area (Å²) in [6.07, 6.45) is 1.46. The first-order valence-corrected chi connectivity index (χ1v) is 9.52. The molecule has 1 unspecified atom stereocenters. The van der Waals surface area contributed by atoms with Gasteiger partial charge in [-0.25, -0.2) is 9.78 Å². The minimum Gasteiger partial charge on any atom is -0.324 e. The average molecular weight is 383 g/mol. The lowest BCUT2D eigenvalue weighted by Gasteiger charge is -2.23. The highest BCUT2D eigenvalue weighted by molar-refractivity contribution is 7.99. The van der Waals surface area contributed by atoms with Crippen molar-refractivity contribution in [3.05, 3.63) is 58.1 Å². The van der Waals surface area contributed by atoms with E-state index in [9.17, 15) is 14.4 Å². The highest BCUT2D eigenvalue weighted by Gasteiger charge is 2.36. The van der Waals surface area contributed by atoms with Crippen LogP contribution in [0.25, 0.3) is 11.2 Å². The first-order valence-electron chi connectivity index (χ1n) is 8.37. The summed E-state index contributed by atoms with van der Waals surface area (Å²) >= 11 is 1.52. The minimum atomic E-state index is -0.587. The number of nitrogens with one attached hydrogen (secondary N) is 3. The van der Waals surface area contributed by atoms with Gasteiger partial charge in [0.25, 0.3) is 5.91 Å². The molecule has 2 amide bonds. The molecule has 0 saturated carbocycles. The van der Waals surface area contributed by atoms with Crippen LogP contribution in [0.2, 0.25) is 0 Å². The number of carbonyl (C=O) groups excluding carboxylic acids is 2. The Labute approximate surface area is 158 Å². The number of para-hydroxylation sites is 1. The fourth-order valence-corrected chi connectivity index (χ4v) is 4.21. The number of hydrogen-bond acceptors (Lipinski definition) is 5. The molecule has 0 radical (unpaired) electrons. The Hall–Kier alpha value is -3.07. The van der Waals surface area contributed by atoms with Crippen LogP contribution >= 0.6 is 11.8 Å². The maximum atomic E-state index is 13.1. The molecule has 3 heterocycles. The zero-order chi connectivity index (χ0) is 19.0. The topological polar surface area (TPSA) is 111 Å². The van der Waals surface area contributed by atoms with Crippen molar-refractivity contribution in [3.63, 3.8) is 0 Å². The van der Waals surface area contributed by atoms with E-state index < -0.39 is 11.7 Å². The van der Waals surface area contributed by atoms with Crippen molar-refractivity contribution in [1.29, 1.82) is 0 Å². The van der Waals surface area contributed by atoms with Crippen molar-refractivity contribution >= 4 is 40.4 Å². The smallest absolute Gasteiger partial charge is 0.324 e. The largest absolute Gasteiger partial charge is 0.325 e. The zero-order valence-electron chi connectivity index (χ0n) is 14.5. The van der Waals surface area contributed by atoms with E-state index in [0.717, 1.165) is 11.3 Å². The molecule has 138 valence electrons. The standard InChI is InChI=1S/C18H17N5O3S/c1-10-4-2-3-5-12(10)20-16(24)13-8-27-9-23(13)17(25)11-6-7-19-15-14(11)21-18(26)22-15/h2-7,13H,8-9H2,1H3,(H,20,24)(H2,19,21,22,26). The van der Waals surface area contributed by atoms with Gasteiger partial charge in [0.15, 0.2) is 5.65 Å². The number of pyridine rings is 1. The Balaban J connectivity index is 1.60. The molecular formula is C18H17N5O3S. The molecule has 1 atom stereocenters. The number of aromatic amines is 2. The van der Waals surface area contributed by atoms with E-state index >= 15 is 0 Å². The summed E-state index contributed by atoms with van der Waals surface area (Å²) < 4.78 is 0. The van der Waals surface area contributed by atoms with Gasteiger partial charge in [0.05, 0.1) is 17.0 Å². The molecule has 1 fully saturated rings. The Morgan fingerprint density at radius 1 is 1.26 bits per heavy atom. The maximum Gasteiger partial charge on any atom is 0.325 e. The van der Waals surface area contributed by atoms with Crippen molar-refractivity contribution in [2.75, 3.05) is 16.9 Å². The lowest BCUT2D eigenvalue weighted by molar-refractivity contribution is -0.119. The number of anilines is 1. The van der Waals surface area contributed by atoms with Crippen LogP contribution < -0.4 is 11.0 Å². The van der Waals surface area contributed by atoms with Gasteiger partial charge in [-0.3, -0.25) is 14.6 Å². The lowest BCUT2D eigenvalue weighted by atomic mass is 10.1. The summed E-state index contributed by atoms with van der Waals surface area (Å²) in [5.41, 5.74) is 2.24. The second-order valence-electron chi connectivity index (χ2n) is 6.26. The van der Waals surface area contributed by atoms with Crippen molar-refractivity contribution in [2.45, 2.75) is 13.0 Å². The molecule has 0 bridgehead atoms. The summed E-state index contributed by atoms with van der Waals surface area (Å²) in [6, 6.07) is 8.46. The van der Waals surface area contributed by atoms with Gasteiger partial charge in [-0.1, -0.05) is 18.2 Å². The lowest BCUT2D eigenvalue weighted by Crippen LogP contribution is -2.44. The quantitative estimate of drug-likeness (QED) is 0.638. The Morgan fingerprint density at radius 3 is 2.89 bits per heavy atom. The predicted molar refractivity (Wildman–Crippen MR) is 104 cm³/mol. The maximum absolute atomic E-state index is 13.1. The second-order valence-corrected chi connectivity index (χ2v) is 7.26. The Morgan fingerprint density at radius 2 is 2.07 bits per heavy atom. The highest BCUT2D eigenvalue weighted by atomic mass is 32.2. The summed E-state index contributed by atoms with van der Waals surface area (Å²) in [7, 11) is 0. The normalized spacial score (nSPS) is 16.6. The van der Waals surface area contributed by atoms with E-state index in [4.69, 9.17) is 0 Å². The van der Waals surface area contributed by atoms with E-state index in [2.05, 4.69) is 20.3 Å². The van der Waals surface area contributed by atoms with E-state index in [-0.39, 0.29) is 11.8 Å². The third-order valence-electron chi connectivity index (χ3n) is 4.50. The van der Waals surface area contributed by atoms with Crippen LogP contribution in [0.1, 0.15) is 15.9 Å². The number of imidazole rings is 1. The number of hydrogen-bond donors (Lipinski definition) is 3. The van der Waals surface area contributed by atoms with Gasteiger partial charge >= 0.3 is 5.69 Å². The van der Waals surface area contributed by atoms with Gasteiger partial charge in [0, 0.05) is 17.6 Å². The number of amides is 2. The van der Waals surface area contributed by atoms with Crippen LogP contribution in [-0.4, -0.2) is 49.3 Å².